The lowest BCUT2D eigenvalue weighted by Crippen LogP contribution is -2.54. The number of aromatic nitrogens is 2. The van der Waals surface area contributed by atoms with Crippen molar-refractivity contribution in [1.82, 2.24) is 14.9 Å². The Hall–Kier alpha value is -3.52. The van der Waals surface area contributed by atoms with Gasteiger partial charge < -0.3 is 4.57 Å². The number of aryl methyl sites for hydroxylation is 2. The summed E-state index contributed by atoms with van der Waals surface area (Å²) in [6.07, 6.45) is 3.26. The predicted octanol–water partition coefficient (Wildman–Crippen LogP) is 4.23. The van der Waals surface area contributed by atoms with Crippen LogP contribution in [-0.4, -0.2) is 27.4 Å². The highest BCUT2D eigenvalue weighted by molar-refractivity contribution is 9.10. The maximum absolute atomic E-state index is 13.1. The zero-order valence-electron chi connectivity index (χ0n) is 17.1. The van der Waals surface area contributed by atoms with Crippen molar-refractivity contribution in [2.75, 3.05) is 4.90 Å². The third-order valence-corrected chi connectivity index (χ3v) is 5.62. The van der Waals surface area contributed by atoms with Crippen molar-refractivity contribution in [3.05, 3.63) is 81.2 Å². The monoisotopic (exact) mass is 478 g/mol. The Kier molecular flexibility index (Phi) is 5.32. The van der Waals surface area contributed by atoms with E-state index in [1.165, 1.54) is 6.08 Å². The average molecular weight is 479 g/mol. The molecule has 0 bridgehead atoms. The molecular formula is C23H19BrN4O3. The van der Waals surface area contributed by atoms with Crippen molar-refractivity contribution in [2.24, 2.45) is 0 Å². The summed E-state index contributed by atoms with van der Waals surface area (Å²) >= 11 is 3.33. The van der Waals surface area contributed by atoms with Gasteiger partial charge in [0, 0.05) is 22.1 Å². The Labute approximate surface area is 187 Å². The molecule has 0 unspecified atom stereocenters. The number of amides is 4. The van der Waals surface area contributed by atoms with Gasteiger partial charge in [0.05, 0.1) is 5.69 Å². The highest BCUT2D eigenvalue weighted by atomic mass is 79.9. The van der Waals surface area contributed by atoms with E-state index in [0.717, 1.165) is 32.1 Å². The molecular weight excluding hydrogens is 460 g/mol. The largest absolute Gasteiger partial charge is 0.335 e. The molecule has 0 radical (unpaired) electrons. The standard InChI is InChI=1S/C23H19BrN4O3/c1-13-8-9-25-20(10-13)27-14(2)11-16(15(27)3)12-19-21(29)26-23(31)28(22(19)30)18-6-4-17(24)5-7-18/h4-12H,1-3H3,(H,26,29,31)/b19-12+. The first-order chi connectivity index (χ1) is 14.8. The molecule has 0 atom stereocenters. The third kappa shape index (κ3) is 3.82. The molecule has 0 spiro atoms. The van der Waals surface area contributed by atoms with E-state index in [4.69, 9.17) is 0 Å². The van der Waals surface area contributed by atoms with E-state index in [1.54, 1.807) is 30.5 Å². The van der Waals surface area contributed by atoms with Gasteiger partial charge >= 0.3 is 6.03 Å². The third-order valence-electron chi connectivity index (χ3n) is 5.09. The lowest BCUT2D eigenvalue weighted by atomic mass is 10.1. The molecule has 8 heteroatoms. The van der Waals surface area contributed by atoms with Gasteiger partial charge in [-0.3, -0.25) is 14.9 Å². The normalized spacial score (nSPS) is 15.5. The Balaban J connectivity index is 1.76. The summed E-state index contributed by atoms with van der Waals surface area (Å²) in [5.41, 5.74) is 3.77. The predicted molar refractivity (Wildman–Crippen MR) is 121 cm³/mol. The lowest BCUT2D eigenvalue weighted by molar-refractivity contribution is -0.122. The number of hydrogen-bond donors (Lipinski definition) is 1. The molecule has 4 rings (SSSR count). The van der Waals surface area contributed by atoms with Gasteiger partial charge in [-0.15, -0.1) is 0 Å². The maximum atomic E-state index is 13.1. The van der Waals surface area contributed by atoms with Crippen LogP contribution in [0.5, 0.6) is 0 Å². The van der Waals surface area contributed by atoms with Crippen LogP contribution in [0.2, 0.25) is 0 Å². The van der Waals surface area contributed by atoms with E-state index < -0.39 is 17.8 Å². The number of pyridine rings is 1. The molecule has 31 heavy (non-hydrogen) atoms. The summed E-state index contributed by atoms with van der Waals surface area (Å²) in [6.45, 7) is 5.81. The first-order valence-corrected chi connectivity index (χ1v) is 10.3. The van der Waals surface area contributed by atoms with Gasteiger partial charge in [-0.25, -0.2) is 14.7 Å². The highest BCUT2D eigenvalue weighted by Crippen LogP contribution is 2.26. The van der Waals surface area contributed by atoms with Gasteiger partial charge in [0.2, 0.25) is 0 Å². The summed E-state index contributed by atoms with van der Waals surface area (Å²) in [4.78, 5) is 43.3. The number of benzene rings is 1. The van der Waals surface area contributed by atoms with Crippen molar-refractivity contribution < 1.29 is 14.4 Å². The second-order valence-electron chi connectivity index (χ2n) is 7.29. The number of carbonyl (C=O) groups excluding carboxylic acids is 3. The molecule has 1 aliphatic heterocycles. The Morgan fingerprint density at radius 2 is 1.71 bits per heavy atom. The summed E-state index contributed by atoms with van der Waals surface area (Å²) in [5.74, 6) is -0.637. The number of hydrogen-bond acceptors (Lipinski definition) is 4. The first-order valence-electron chi connectivity index (χ1n) is 9.55. The number of imide groups is 2. The van der Waals surface area contributed by atoms with Crippen LogP contribution in [0.15, 0.2) is 58.7 Å². The number of halogens is 1. The molecule has 0 aliphatic carbocycles. The van der Waals surface area contributed by atoms with E-state index in [9.17, 15) is 14.4 Å². The van der Waals surface area contributed by atoms with Crippen LogP contribution >= 0.6 is 15.9 Å². The van der Waals surface area contributed by atoms with Gasteiger partial charge in [-0.1, -0.05) is 15.9 Å². The van der Waals surface area contributed by atoms with Crippen LogP contribution in [0.1, 0.15) is 22.5 Å². The quantitative estimate of drug-likeness (QED) is 0.450. The summed E-state index contributed by atoms with van der Waals surface area (Å²) in [7, 11) is 0. The fourth-order valence-electron chi connectivity index (χ4n) is 3.57. The van der Waals surface area contributed by atoms with Crippen molar-refractivity contribution in [3.63, 3.8) is 0 Å². The first kappa shape index (κ1) is 20.7. The highest BCUT2D eigenvalue weighted by Gasteiger charge is 2.37. The molecule has 2 aromatic heterocycles. The minimum Gasteiger partial charge on any atom is -0.303 e. The zero-order valence-corrected chi connectivity index (χ0v) is 18.7. The average Bonchev–Trinajstić information content (AvgIpc) is 2.99. The van der Waals surface area contributed by atoms with E-state index in [2.05, 4.69) is 26.2 Å². The molecule has 0 saturated carbocycles. The number of carbonyl (C=O) groups is 3. The van der Waals surface area contributed by atoms with Crippen LogP contribution in [-0.2, 0) is 9.59 Å². The number of anilines is 1. The van der Waals surface area contributed by atoms with Crippen LogP contribution in [0, 0.1) is 20.8 Å². The van der Waals surface area contributed by atoms with Crippen LogP contribution in [0.4, 0.5) is 10.5 Å². The fraction of sp³-hybridized carbons (Fsp3) is 0.130. The summed E-state index contributed by atoms with van der Waals surface area (Å²) < 4.78 is 2.77. The van der Waals surface area contributed by atoms with Crippen molar-refractivity contribution >= 4 is 45.5 Å². The Morgan fingerprint density at radius 3 is 2.39 bits per heavy atom. The van der Waals surface area contributed by atoms with Gasteiger partial charge in [-0.2, -0.15) is 0 Å². The van der Waals surface area contributed by atoms with Crippen LogP contribution < -0.4 is 10.2 Å². The zero-order chi connectivity index (χ0) is 22.3. The molecule has 156 valence electrons. The second kappa shape index (κ2) is 7.96. The number of urea groups is 1. The number of rotatable bonds is 3. The SMILES string of the molecule is Cc1ccnc(-n2c(C)cc(/C=C3\C(=O)NC(=O)N(c4ccc(Br)cc4)C3=O)c2C)c1. The molecule has 1 aliphatic rings. The molecule has 1 fully saturated rings. The molecule has 3 aromatic rings. The molecule has 1 aromatic carbocycles. The Morgan fingerprint density at radius 1 is 1.00 bits per heavy atom. The minimum atomic E-state index is -0.774. The molecule has 7 nitrogen and oxygen atoms in total. The number of nitrogens with one attached hydrogen (secondary N) is 1. The smallest absolute Gasteiger partial charge is 0.303 e. The van der Waals surface area contributed by atoms with Gasteiger partial charge in [-0.05, 0) is 80.4 Å². The van der Waals surface area contributed by atoms with Crippen LogP contribution in [0.3, 0.4) is 0 Å². The lowest BCUT2D eigenvalue weighted by Gasteiger charge is -2.26. The Bertz CT molecular complexity index is 1260. The van der Waals surface area contributed by atoms with Gasteiger partial charge in [0.1, 0.15) is 11.4 Å². The van der Waals surface area contributed by atoms with Crippen LogP contribution in [0.25, 0.3) is 11.9 Å². The fourth-order valence-corrected chi connectivity index (χ4v) is 3.83. The maximum Gasteiger partial charge on any atom is 0.335 e. The molecule has 3 heterocycles. The molecule has 1 N–H and O–H groups in total. The van der Waals surface area contributed by atoms with E-state index >= 15 is 0 Å². The van der Waals surface area contributed by atoms with E-state index in [1.807, 2.05) is 43.5 Å². The second-order valence-corrected chi connectivity index (χ2v) is 8.20. The summed E-state index contributed by atoms with van der Waals surface area (Å²) in [6, 6.07) is 11.7. The molecule has 1 saturated heterocycles. The van der Waals surface area contributed by atoms with Crippen molar-refractivity contribution in [2.45, 2.75) is 20.8 Å². The number of nitrogens with zero attached hydrogens (tertiary/aromatic N) is 3. The molecule has 4 amide bonds. The van der Waals surface area contributed by atoms with E-state index in [0.29, 0.717) is 11.3 Å². The van der Waals surface area contributed by atoms with Gasteiger partial charge in [0.15, 0.2) is 0 Å². The number of barbiturate groups is 1. The summed E-state index contributed by atoms with van der Waals surface area (Å²) in [5, 5.41) is 2.25. The minimum absolute atomic E-state index is 0.111. The van der Waals surface area contributed by atoms with Gasteiger partial charge in [0.25, 0.3) is 11.8 Å². The topological polar surface area (TPSA) is 84.3 Å². The van der Waals surface area contributed by atoms with E-state index in [-0.39, 0.29) is 5.57 Å². The van der Waals surface area contributed by atoms with Crippen molar-refractivity contribution in [3.8, 4) is 5.82 Å². The van der Waals surface area contributed by atoms with Crippen molar-refractivity contribution in [1.29, 1.82) is 0 Å².